The Labute approximate surface area is 143 Å². The predicted molar refractivity (Wildman–Crippen MR) is 95.9 cm³/mol. The highest BCUT2D eigenvalue weighted by Crippen LogP contribution is 2.19. The molecule has 122 valence electrons. The maximum atomic E-state index is 6.21. The molecule has 2 aromatic rings. The predicted octanol–water partition coefficient (Wildman–Crippen LogP) is 2.78. The number of nitrogens with zero attached hydrogens (tertiary/aromatic N) is 3. The van der Waals surface area contributed by atoms with Crippen LogP contribution in [0.4, 0.5) is 5.82 Å². The van der Waals surface area contributed by atoms with Gasteiger partial charge < -0.3 is 15.1 Å². The topological polar surface area (TPSA) is 31.4 Å². The Balaban J connectivity index is 1.63. The highest BCUT2D eigenvalue weighted by molar-refractivity contribution is 6.31. The summed E-state index contributed by atoms with van der Waals surface area (Å²) in [6.45, 7) is 5.79. The van der Waals surface area contributed by atoms with Crippen LogP contribution in [0.1, 0.15) is 11.1 Å². The number of aromatic nitrogens is 1. The lowest BCUT2D eigenvalue weighted by molar-refractivity contribution is 0.311. The number of pyridine rings is 1. The van der Waals surface area contributed by atoms with Crippen LogP contribution in [0, 0.1) is 0 Å². The third-order valence-corrected chi connectivity index (χ3v) is 4.63. The van der Waals surface area contributed by atoms with Crippen molar-refractivity contribution in [3.63, 3.8) is 0 Å². The van der Waals surface area contributed by atoms with Crippen LogP contribution >= 0.6 is 11.6 Å². The molecule has 5 heteroatoms. The molecule has 1 aromatic carbocycles. The van der Waals surface area contributed by atoms with Gasteiger partial charge in [0, 0.05) is 56.1 Å². The molecule has 0 unspecified atom stereocenters. The Morgan fingerprint density at radius 2 is 1.70 bits per heavy atom. The first-order valence-corrected chi connectivity index (χ1v) is 8.43. The van der Waals surface area contributed by atoms with Crippen LogP contribution in [0.15, 0.2) is 42.6 Å². The molecule has 1 fully saturated rings. The number of halogens is 1. The van der Waals surface area contributed by atoms with Gasteiger partial charge in [-0.15, -0.1) is 0 Å². The van der Waals surface area contributed by atoms with E-state index in [0.29, 0.717) is 0 Å². The molecule has 4 nitrogen and oxygen atoms in total. The van der Waals surface area contributed by atoms with E-state index in [9.17, 15) is 0 Å². The number of rotatable bonds is 5. The van der Waals surface area contributed by atoms with Gasteiger partial charge in [0.15, 0.2) is 0 Å². The van der Waals surface area contributed by atoms with Gasteiger partial charge in [-0.05, 0) is 24.7 Å². The largest absolute Gasteiger partial charge is 0.354 e. The number of nitrogens with one attached hydrogen (secondary N) is 1. The van der Waals surface area contributed by atoms with Gasteiger partial charge in [-0.25, -0.2) is 4.98 Å². The smallest absolute Gasteiger partial charge is 0.133 e. The molecule has 3 rings (SSSR count). The quantitative estimate of drug-likeness (QED) is 0.913. The molecule has 0 amide bonds. The zero-order valence-corrected chi connectivity index (χ0v) is 14.3. The molecule has 1 aliphatic rings. The van der Waals surface area contributed by atoms with Crippen LogP contribution in [0.3, 0.4) is 0 Å². The first-order valence-electron chi connectivity index (χ1n) is 8.05. The van der Waals surface area contributed by atoms with Crippen molar-refractivity contribution in [1.82, 2.24) is 15.2 Å². The molecule has 23 heavy (non-hydrogen) atoms. The van der Waals surface area contributed by atoms with Crippen LogP contribution in [-0.4, -0.2) is 43.1 Å². The van der Waals surface area contributed by atoms with E-state index in [-0.39, 0.29) is 0 Å². The Morgan fingerprint density at radius 1 is 1.00 bits per heavy atom. The molecule has 0 radical (unpaired) electrons. The van der Waals surface area contributed by atoms with Crippen molar-refractivity contribution in [3.05, 3.63) is 58.7 Å². The highest BCUT2D eigenvalue weighted by atomic mass is 35.5. The fourth-order valence-corrected chi connectivity index (χ4v) is 3.05. The van der Waals surface area contributed by atoms with Gasteiger partial charge in [0.05, 0.1) is 0 Å². The highest BCUT2D eigenvalue weighted by Gasteiger charge is 2.17. The summed E-state index contributed by atoms with van der Waals surface area (Å²) in [6, 6.07) is 12.1. The Bertz CT molecular complexity index is 638. The maximum absolute atomic E-state index is 6.21. The molecule has 0 aliphatic carbocycles. The standard InChI is InChI=1S/C18H23ClN4/c1-22-9-11-23(12-10-22)18-16(6-4-8-21-18)14-20-13-15-5-2-3-7-17(15)19/h2-8,20H,9-14H2,1H3. The summed E-state index contributed by atoms with van der Waals surface area (Å²) in [6.07, 6.45) is 1.88. The van der Waals surface area contributed by atoms with Crippen LogP contribution in [-0.2, 0) is 13.1 Å². The molecule has 1 saturated heterocycles. The molecule has 0 saturated carbocycles. The SMILES string of the molecule is CN1CCN(c2ncccc2CNCc2ccccc2Cl)CC1. The van der Waals surface area contributed by atoms with Crippen molar-refractivity contribution in [3.8, 4) is 0 Å². The van der Waals surface area contributed by atoms with Crippen LogP contribution in [0.25, 0.3) is 0 Å². The van der Waals surface area contributed by atoms with Gasteiger partial charge in [-0.2, -0.15) is 0 Å². The fourth-order valence-electron chi connectivity index (χ4n) is 2.84. The van der Waals surface area contributed by atoms with Crippen molar-refractivity contribution in [2.45, 2.75) is 13.1 Å². The third kappa shape index (κ3) is 4.22. The second-order valence-corrected chi connectivity index (χ2v) is 6.38. The second-order valence-electron chi connectivity index (χ2n) is 5.97. The van der Waals surface area contributed by atoms with Crippen molar-refractivity contribution >= 4 is 17.4 Å². The maximum Gasteiger partial charge on any atom is 0.133 e. The summed E-state index contributed by atoms with van der Waals surface area (Å²) in [7, 11) is 2.17. The van der Waals surface area contributed by atoms with Crippen molar-refractivity contribution in [2.75, 3.05) is 38.1 Å². The number of likely N-dealkylation sites (N-methyl/N-ethyl adjacent to an activating group) is 1. The van der Waals surface area contributed by atoms with Gasteiger partial charge in [-0.3, -0.25) is 0 Å². The summed E-state index contributed by atoms with van der Waals surface area (Å²) < 4.78 is 0. The molecule has 1 N–H and O–H groups in total. The van der Waals surface area contributed by atoms with Crippen molar-refractivity contribution in [1.29, 1.82) is 0 Å². The molecular formula is C18H23ClN4. The number of hydrogen-bond donors (Lipinski definition) is 1. The fraction of sp³-hybridized carbons (Fsp3) is 0.389. The van der Waals surface area contributed by atoms with E-state index >= 15 is 0 Å². The van der Waals surface area contributed by atoms with E-state index in [4.69, 9.17) is 11.6 Å². The van der Waals surface area contributed by atoms with E-state index in [1.807, 2.05) is 30.5 Å². The zero-order chi connectivity index (χ0) is 16.1. The van der Waals surface area contributed by atoms with Gasteiger partial charge >= 0.3 is 0 Å². The minimum absolute atomic E-state index is 0.761. The number of hydrogen-bond acceptors (Lipinski definition) is 4. The van der Waals surface area contributed by atoms with E-state index < -0.39 is 0 Å². The minimum Gasteiger partial charge on any atom is -0.354 e. The first-order chi connectivity index (χ1) is 11.2. The van der Waals surface area contributed by atoms with Crippen molar-refractivity contribution < 1.29 is 0 Å². The summed E-state index contributed by atoms with van der Waals surface area (Å²) in [5.74, 6) is 1.10. The summed E-state index contributed by atoms with van der Waals surface area (Å²) in [5.41, 5.74) is 2.36. The second kappa shape index (κ2) is 7.77. The lowest BCUT2D eigenvalue weighted by Gasteiger charge is -2.34. The van der Waals surface area contributed by atoms with Gasteiger partial charge in [0.1, 0.15) is 5.82 Å². The Hall–Kier alpha value is -1.62. The molecule has 2 heterocycles. The van der Waals surface area contributed by atoms with E-state index in [2.05, 4.69) is 39.3 Å². The summed E-state index contributed by atoms with van der Waals surface area (Å²) in [4.78, 5) is 9.35. The molecule has 0 bridgehead atoms. The third-order valence-electron chi connectivity index (χ3n) is 4.26. The van der Waals surface area contributed by atoms with E-state index in [1.165, 1.54) is 5.56 Å². The molecule has 1 aliphatic heterocycles. The van der Waals surface area contributed by atoms with Crippen LogP contribution < -0.4 is 10.2 Å². The first kappa shape index (κ1) is 16.2. The molecule has 0 spiro atoms. The van der Waals surface area contributed by atoms with Gasteiger partial charge in [-0.1, -0.05) is 35.9 Å². The molecule has 1 aromatic heterocycles. The Kier molecular flexibility index (Phi) is 5.49. The monoisotopic (exact) mass is 330 g/mol. The minimum atomic E-state index is 0.761. The van der Waals surface area contributed by atoms with Gasteiger partial charge in [0.25, 0.3) is 0 Å². The average molecular weight is 331 g/mol. The van der Waals surface area contributed by atoms with Gasteiger partial charge in [0.2, 0.25) is 0 Å². The normalized spacial score (nSPS) is 15.8. The number of piperazine rings is 1. The van der Waals surface area contributed by atoms with Crippen LogP contribution in [0.2, 0.25) is 5.02 Å². The molecule has 0 atom stereocenters. The van der Waals surface area contributed by atoms with E-state index in [0.717, 1.165) is 55.7 Å². The average Bonchev–Trinajstić information content (AvgIpc) is 2.58. The lowest BCUT2D eigenvalue weighted by Crippen LogP contribution is -2.45. The van der Waals surface area contributed by atoms with Crippen molar-refractivity contribution in [2.24, 2.45) is 0 Å². The van der Waals surface area contributed by atoms with Crippen LogP contribution in [0.5, 0.6) is 0 Å². The number of anilines is 1. The number of benzene rings is 1. The lowest BCUT2D eigenvalue weighted by atomic mass is 10.2. The Morgan fingerprint density at radius 3 is 2.48 bits per heavy atom. The molecular weight excluding hydrogens is 308 g/mol. The van der Waals surface area contributed by atoms with E-state index in [1.54, 1.807) is 0 Å². The summed E-state index contributed by atoms with van der Waals surface area (Å²) >= 11 is 6.21. The summed E-state index contributed by atoms with van der Waals surface area (Å²) in [5, 5.41) is 4.30. The zero-order valence-electron chi connectivity index (χ0n) is 13.5.